The average molecular weight is 446 g/mol. The van der Waals surface area contributed by atoms with Gasteiger partial charge in [-0.05, 0) is 27.0 Å². The number of ether oxygens (including phenoxy) is 1. The van der Waals surface area contributed by atoms with E-state index in [1.54, 1.807) is 13.1 Å². The first kappa shape index (κ1) is 22.7. The molecule has 0 saturated heterocycles. The fourth-order valence-corrected chi connectivity index (χ4v) is 1.95. The van der Waals surface area contributed by atoms with Gasteiger partial charge in [0, 0.05) is 38.3 Å². The van der Waals surface area contributed by atoms with Crippen molar-refractivity contribution in [3.63, 3.8) is 0 Å². The van der Waals surface area contributed by atoms with Crippen LogP contribution < -0.4 is 15.4 Å². The highest BCUT2D eigenvalue weighted by molar-refractivity contribution is 14.0. The molecule has 136 valence electrons. The van der Waals surface area contributed by atoms with Crippen molar-refractivity contribution in [3.8, 4) is 5.75 Å². The maximum atomic E-state index is 5.67. The van der Waals surface area contributed by atoms with Gasteiger partial charge < -0.3 is 20.3 Å². The number of halogens is 1. The summed E-state index contributed by atoms with van der Waals surface area (Å²) in [5.41, 5.74) is 1.09. The van der Waals surface area contributed by atoms with Crippen molar-refractivity contribution in [1.82, 2.24) is 15.5 Å². The first-order valence-corrected chi connectivity index (χ1v) is 8.04. The Kier molecular flexibility index (Phi) is 12.4. The van der Waals surface area contributed by atoms with Crippen LogP contribution in [-0.4, -0.2) is 50.7 Å². The number of para-hydroxylation sites is 1. The van der Waals surface area contributed by atoms with E-state index < -0.39 is 0 Å². The van der Waals surface area contributed by atoms with E-state index in [0.717, 1.165) is 30.4 Å². The maximum Gasteiger partial charge on any atom is 0.191 e. The van der Waals surface area contributed by atoms with Gasteiger partial charge in [0.15, 0.2) is 5.96 Å². The molecular weight excluding hydrogens is 415 g/mol. The third-order valence-electron chi connectivity index (χ3n) is 3.64. The lowest BCUT2D eigenvalue weighted by molar-refractivity contribution is 0.278. The highest BCUT2D eigenvalue weighted by Crippen LogP contribution is 2.17. The van der Waals surface area contributed by atoms with Gasteiger partial charge in [0.05, 0.1) is 0 Å². The number of guanidine groups is 1. The summed E-state index contributed by atoms with van der Waals surface area (Å²) in [4.78, 5) is 6.55. The zero-order chi connectivity index (χ0) is 17.1. The molecule has 0 aliphatic heterocycles. The molecule has 0 fully saturated rings. The van der Waals surface area contributed by atoms with Crippen LogP contribution in [0.15, 0.2) is 41.9 Å². The molecule has 1 aromatic carbocycles. The first-order valence-electron chi connectivity index (χ1n) is 8.04. The molecule has 0 atom stereocenters. The van der Waals surface area contributed by atoms with E-state index in [0.29, 0.717) is 19.2 Å². The van der Waals surface area contributed by atoms with Crippen LogP contribution in [0.3, 0.4) is 0 Å². The number of hydrogen-bond acceptors (Lipinski definition) is 3. The smallest absolute Gasteiger partial charge is 0.191 e. The zero-order valence-corrected chi connectivity index (χ0v) is 17.5. The van der Waals surface area contributed by atoms with E-state index in [-0.39, 0.29) is 24.0 Å². The van der Waals surface area contributed by atoms with Crippen LogP contribution >= 0.6 is 24.0 Å². The van der Waals surface area contributed by atoms with Crippen molar-refractivity contribution in [3.05, 3.63) is 42.5 Å². The molecule has 1 rings (SSSR count). The van der Waals surface area contributed by atoms with Gasteiger partial charge in [-0.3, -0.25) is 4.99 Å². The predicted octanol–water partition coefficient (Wildman–Crippen LogP) is 2.87. The van der Waals surface area contributed by atoms with Crippen molar-refractivity contribution in [1.29, 1.82) is 0 Å². The van der Waals surface area contributed by atoms with Gasteiger partial charge >= 0.3 is 0 Å². The SMILES string of the molecule is C=CCOc1ccccc1CNC(=NC)NCCN(C)C(C)C.I. The van der Waals surface area contributed by atoms with E-state index in [1.807, 2.05) is 24.3 Å². The first-order chi connectivity index (χ1) is 11.1. The standard InChI is InChI=1S/C18H30N4O.HI/c1-6-13-23-17-10-8-7-9-16(17)14-21-18(19-4)20-11-12-22(5)15(2)3;/h6-10,15H,1,11-14H2,2-5H3,(H2,19,20,21);1H. The Morgan fingerprint density at radius 2 is 2.04 bits per heavy atom. The maximum absolute atomic E-state index is 5.67. The number of rotatable bonds is 9. The lowest BCUT2D eigenvalue weighted by Gasteiger charge is -2.21. The quantitative estimate of drug-likeness (QED) is 0.265. The normalized spacial score (nSPS) is 11.2. The fraction of sp³-hybridized carbons (Fsp3) is 0.500. The Balaban J connectivity index is 0.00000529. The van der Waals surface area contributed by atoms with Crippen LogP contribution in [0.1, 0.15) is 19.4 Å². The van der Waals surface area contributed by atoms with E-state index in [2.05, 4.69) is 48.0 Å². The molecule has 0 aromatic heterocycles. The molecule has 24 heavy (non-hydrogen) atoms. The summed E-state index contributed by atoms with van der Waals surface area (Å²) in [5, 5.41) is 6.65. The van der Waals surface area contributed by atoms with Gasteiger partial charge in [0.2, 0.25) is 0 Å². The summed E-state index contributed by atoms with van der Waals surface area (Å²) >= 11 is 0. The Hall–Kier alpha value is -1.28. The van der Waals surface area contributed by atoms with Gasteiger partial charge in [-0.15, -0.1) is 24.0 Å². The highest BCUT2D eigenvalue weighted by Gasteiger charge is 2.05. The van der Waals surface area contributed by atoms with Crippen LogP contribution in [0.4, 0.5) is 0 Å². The van der Waals surface area contributed by atoms with E-state index in [1.165, 1.54) is 0 Å². The topological polar surface area (TPSA) is 48.9 Å². The molecule has 0 radical (unpaired) electrons. The molecule has 0 unspecified atom stereocenters. The van der Waals surface area contributed by atoms with Gasteiger partial charge in [0.25, 0.3) is 0 Å². The number of nitrogens with one attached hydrogen (secondary N) is 2. The summed E-state index contributed by atoms with van der Waals surface area (Å²) in [6.45, 7) is 11.0. The second kappa shape index (κ2) is 13.1. The van der Waals surface area contributed by atoms with Gasteiger partial charge in [-0.25, -0.2) is 0 Å². The molecule has 0 bridgehead atoms. The average Bonchev–Trinajstić information content (AvgIpc) is 2.56. The number of nitrogens with zero attached hydrogens (tertiary/aromatic N) is 2. The minimum Gasteiger partial charge on any atom is -0.489 e. The minimum atomic E-state index is 0. The Labute approximate surface area is 163 Å². The van der Waals surface area contributed by atoms with Crippen molar-refractivity contribution in [2.45, 2.75) is 26.4 Å². The van der Waals surface area contributed by atoms with Crippen LogP contribution in [0.25, 0.3) is 0 Å². The second-order valence-electron chi connectivity index (χ2n) is 5.63. The Bertz CT molecular complexity index is 506. The van der Waals surface area contributed by atoms with E-state index in [4.69, 9.17) is 4.74 Å². The monoisotopic (exact) mass is 446 g/mol. The molecule has 2 N–H and O–H groups in total. The Morgan fingerprint density at radius 1 is 1.33 bits per heavy atom. The third kappa shape index (κ3) is 8.54. The van der Waals surface area contributed by atoms with Crippen molar-refractivity contribution in [2.75, 3.05) is 33.8 Å². The highest BCUT2D eigenvalue weighted by atomic mass is 127. The van der Waals surface area contributed by atoms with Crippen molar-refractivity contribution >= 4 is 29.9 Å². The van der Waals surface area contributed by atoms with Gasteiger partial charge in [-0.1, -0.05) is 30.9 Å². The largest absolute Gasteiger partial charge is 0.489 e. The molecule has 0 saturated carbocycles. The molecule has 6 heteroatoms. The van der Waals surface area contributed by atoms with Crippen molar-refractivity contribution in [2.24, 2.45) is 4.99 Å². The van der Waals surface area contributed by atoms with Gasteiger partial charge in [-0.2, -0.15) is 0 Å². The summed E-state index contributed by atoms with van der Waals surface area (Å²) in [6.07, 6.45) is 1.75. The van der Waals surface area contributed by atoms with E-state index in [9.17, 15) is 0 Å². The van der Waals surface area contributed by atoms with Crippen LogP contribution in [-0.2, 0) is 6.54 Å². The second-order valence-corrected chi connectivity index (χ2v) is 5.63. The van der Waals surface area contributed by atoms with Crippen LogP contribution in [0.5, 0.6) is 5.75 Å². The van der Waals surface area contributed by atoms with Gasteiger partial charge in [0.1, 0.15) is 12.4 Å². The summed E-state index contributed by atoms with van der Waals surface area (Å²) in [6, 6.07) is 8.53. The van der Waals surface area contributed by atoms with Crippen LogP contribution in [0.2, 0.25) is 0 Å². The summed E-state index contributed by atoms with van der Waals surface area (Å²) in [5.74, 6) is 1.66. The summed E-state index contributed by atoms with van der Waals surface area (Å²) < 4.78 is 5.67. The molecule has 0 amide bonds. The van der Waals surface area contributed by atoms with Crippen LogP contribution in [0, 0.1) is 0 Å². The molecule has 1 aromatic rings. The Morgan fingerprint density at radius 3 is 2.67 bits per heavy atom. The predicted molar refractivity (Wildman–Crippen MR) is 114 cm³/mol. The zero-order valence-electron chi connectivity index (χ0n) is 15.2. The molecule has 5 nitrogen and oxygen atoms in total. The molecular formula is C18H31IN4O. The third-order valence-corrected chi connectivity index (χ3v) is 3.64. The number of hydrogen-bond donors (Lipinski definition) is 2. The number of benzene rings is 1. The molecule has 0 spiro atoms. The number of aliphatic imine (C=N–C) groups is 1. The minimum absolute atomic E-state index is 0. The van der Waals surface area contributed by atoms with Crippen molar-refractivity contribution < 1.29 is 4.74 Å². The lowest BCUT2D eigenvalue weighted by atomic mass is 10.2. The number of likely N-dealkylation sites (N-methyl/N-ethyl adjacent to an activating group) is 1. The van der Waals surface area contributed by atoms with E-state index >= 15 is 0 Å². The fourth-order valence-electron chi connectivity index (χ4n) is 1.95. The molecule has 0 aliphatic carbocycles. The molecule has 0 heterocycles. The lowest BCUT2D eigenvalue weighted by Crippen LogP contribution is -2.41. The summed E-state index contributed by atoms with van der Waals surface area (Å²) in [7, 11) is 3.90. The molecule has 0 aliphatic rings.